The molecular weight excluding hydrogens is 410 g/mol. The van der Waals surface area contributed by atoms with Gasteiger partial charge in [0.05, 0.1) is 23.4 Å². The zero-order valence-corrected chi connectivity index (χ0v) is 20.6. The standard InChI is InChI=1S/C28H39N3O2/c1-15-23-24(15)26(22(32)14-31-13-18(12-29)16(2)30-31)28(4)10-8-20-19-7-9-27(3,33)11-17(19)5-6-21(20)25(23)28/h13,15,17,19-21,23-26,33H,5-11,14H2,1-4H3/t15-,17+,19-,20+,21+,23+,24-,25+,26-,27+,28-/m0/s1. The van der Waals surface area contributed by atoms with Crippen molar-refractivity contribution in [1.29, 1.82) is 5.26 Å². The number of fused-ring (bicyclic) bond motifs is 7. The van der Waals surface area contributed by atoms with E-state index < -0.39 is 5.60 Å². The van der Waals surface area contributed by atoms with Gasteiger partial charge in [0, 0.05) is 12.1 Å². The van der Waals surface area contributed by atoms with Crippen molar-refractivity contribution in [2.75, 3.05) is 0 Å². The molecule has 5 fully saturated rings. The number of hydrogen-bond acceptors (Lipinski definition) is 4. The number of aliphatic hydroxyl groups is 1. The van der Waals surface area contributed by atoms with E-state index in [-0.39, 0.29) is 11.3 Å². The summed E-state index contributed by atoms with van der Waals surface area (Å²) in [7, 11) is 0. The number of carbonyl (C=O) groups excluding carboxylic acids is 1. The quantitative estimate of drug-likeness (QED) is 0.722. The zero-order chi connectivity index (χ0) is 23.3. The van der Waals surface area contributed by atoms with Crippen LogP contribution in [-0.4, -0.2) is 26.3 Å². The Morgan fingerprint density at radius 2 is 1.94 bits per heavy atom. The van der Waals surface area contributed by atoms with Gasteiger partial charge < -0.3 is 5.11 Å². The first-order valence-corrected chi connectivity index (χ1v) is 13.3. The van der Waals surface area contributed by atoms with Crippen LogP contribution in [-0.2, 0) is 11.3 Å². The smallest absolute Gasteiger partial charge is 0.158 e. The van der Waals surface area contributed by atoms with Gasteiger partial charge in [0.15, 0.2) is 5.78 Å². The average molecular weight is 450 g/mol. The van der Waals surface area contributed by atoms with Gasteiger partial charge in [-0.2, -0.15) is 10.4 Å². The van der Waals surface area contributed by atoms with Crippen LogP contribution in [0.25, 0.3) is 0 Å². The van der Waals surface area contributed by atoms with E-state index in [4.69, 9.17) is 0 Å². The van der Waals surface area contributed by atoms with Crippen molar-refractivity contribution < 1.29 is 9.90 Å². The minimum atomic E-state index is -0.464. The van der Waals surface area contributed by atoms with Gasteiger partial charge in [-0.25, -0.2) is 0 Å². The number of aromatic nitrogens is 2. The van der Waals surface area contributed by atoms with Crippen LogP contribution in [0, 0.1) is 76.9 Å². The van der Waals surface area contributed by atoms with Gasteiger partial charge in [-0.1, -0.05) is 13.8 Å². The highest BCUT2D eigenvalue weighted by molar-refractivity contribution is 5.83. The molecule has 1 aromatic rings. The first-order valence-electron chi connectivity index (χ1n) is 13.3. The molecule has 6 rings (SSSR count). The number of nitrogens with zero attached hydrogens (tertiary/aromatic N) is 3. The second kappa shape index (κ2) is 7.17. The molecule has 1 heterocycles. The highest BCUT2D eigenvalue weighted by Gasteiger charge is 2.73. The predicted octanol–water partition coefficient (Wildman–Crippen LogP) is 4.75. The van der Waals surface area contributed by atoms with E-state index in [1.165, 1.54) is 32.1 Å². The predicted molar refractivity (Wildman–Crippen MR) is 125 cm³/mol. The van der Waals surface area contributed by atoms with E-state index in [1.807, 2.05) is 13.8 Å². The molecule has 0 aromatic carbocycles. The topological polar surface area (TPSA) is 78.9 Å². The van der Waals surface area contributed by atoms with E-state index in [2.05, 4.69) is 25.0 Å². The Morgan fingerprint density at radius 3 is 2.67 bits per heavy atom. The minimum Gasteiger partial charge on any atom is -0.390 e. The van der Waals surface area contributed by atoms with Crippen molar-refractivity contribution in [2.24, 2.45) is 58.7 Å². The second-order valence-corrected chi connectivity index (χ2v) is 13.0. The molecule has 5 heteroatoms. The maximum Gasteiger partial charge on any atom is 0.158 e. The van der Waals surface area contributed by atoms with Crippen molar-refractivity contribution in [1.82, 2.24) is 9.78 Å². The number of rotatable bonds is 3. The molecule has 0 aliphatic heterocycles. The van der Waals surface area contributed by atoms with Gasteiger partial charge in [0.1, 0.15) is 6.07 Å². The minimum absolute atomic E-state index is 0.118. The van der Waals surface area contributed by atoms with Gasteiger partial charge in [0.2, 0.25) is 0 Å². The lowest BCUT2D eigenvalue weighted by atomic mass is 9.47. The Morgan fingerprint density at radius 1 is 1.18 bits per heavy atom. The maximum atomic E-state index is 13.8. The lowest BCUT2D eigenvalue weighted by Crippen LogP contribution is -2.52. The molecule has 0 radical (unpaired) electrons. The summed E-state index contributed by atoms with van der Waals surface area (Å²) in [6.07, 6.45) is 9.87. The van der Waals surface area contributed by atoms with Gasteiger partial charge >= 0.3 is 0 Å². The molecule has 0 spiro atoms. The van der Waals surface area contributed by atoms with E-state index in [9.17, 15) is 15.2 Å². The summed E-state index contributed by atoms with van der Waals surface area (Å²) in [6.45, 7) is 9.01. The summed E-state index contributed by atoms with van der Waals surface area (Å²) in [4.78, 5) is 13.8. The number of carbonyl (C=O) groups is 1. The maximum absolute atomic E-state index is 13.8. The van der Waals surface area contributed by atoms with Crippen molar-refractivity contribution in [3.8, 4) is 6.07 Å². The Balaban J connectivity index is 1.25. The summed E-state index contributed by atoms with van der Waals surface area (Å²) in [5, 5.41) is 24.4. The molecule has 33 heavy (non-hydrogen) atoms. The highest BCUT2D eigenvalue weighted by atomic mass is 16.3. The van der Waals surface area contributed by atoms with E-state index in [1.54, 1.807) is 10.9 Å². The number of hydrogen-bond donors (Lipinski definition) is 1. The van der Waals surface area contributed by atoms with E-state index in [0.29, 0.717) is 53.2 Å². The van der Waals surface area contributed by atoms with Crippen LogP contribution in [0.2, 0.25) is 0 Å². The van der Waals surface area contributed by atoms with Crippen molar-refractivity contribution >= 4 is 5.78 Å². The molecule has 0 unspecified atom stereocenters. The fourth-order valence-electron chi connectivity index (χ4n) is 10.1. The summed E-state index contributed by atoms with van der Waals surface area (Å²) in [6, 6.07) is 2.18. The van der Waals surface area contributed by atoms with Crippen molar-refractivity contribution in [3.63, 3.8) is 0 Å². The van der Waals surface area contributed by atoms with E-state index >= 15 is 0 Å². The molecule has 5 aliphatic carbocycles. The Hall–Kier alpha value is -1.67. The molecule has 1 N–H and O–H groups in total. The van der Waals surface area contributed by atoms with Crippen LogP contribution in [0.15, 0.2) is 6.20 Å². The monoisotopic (exact) mass is 449 g/mol. The molecule has 1 aromatic heterocycles. The lowest BCUT2D eigenvalue weighted by molar-refractivity contribution is -0.137. The fraction of sp³-hybridized carbons (Fsp3) is 0.821. The first-order chi connectivity index (χ1) is 15.6. The molecule has 5 nitrogen and oxygen atoms in total. The Kier molecular flexibility index (Phi) is 4.74. The van der Waals surface area contributed by atoms with Crippen molar-refractivity contribution in [3.05, 3.63) is 17.5 Å². The third kappa shape index (κ3) is 3.12. The second-order valence-electron chi connectivity index (χ2n) is 13.0. The van der Waals surface area contributed by atoms with Crippen LogP contribution in [0.5, 0.6) is 0 Å². The fourth-order valence-corrected chi connectivity index (χ4v) is 10.1. The highest BCUT2D eigenvalue weighted by Crippen LogP contribution is 2.76. The van der Waals surface area contributed by atoms with Crippen LogP contribution < -0.4 is 0 Å². The average Bonchev–Trinajstić information content (AvgIpc) is 3.10. The summed E-state index contributed by atoms with van der Waals surface area (Å²) in [5.74, 6) is 6.13. The van der Waals surface area contributed by atoms with Gasteiger partial charge in [-0.3, -0.25) is 9.48 Å². The SMILES string of the molecule is Cc1nn(CC(=O)[C@H]2[C@H]3[C@@H](C)[C@H]3[C@H]3[C@@H]4CC[C@@H]5C[C@](C)(O)CC[C@@H]5[C@H]4CC[C@@]32C)cc1C#N. The Labute approximate surface area is 197 Å². The van der Waals surface area contributed by atoms with Crippen molar-refractivity contribution in [2.45, 2.75) is 84.8 Å². The first kappa shape index (κ1) is 21.8. The summed E-state index contributed by atoms with van der Waals surface area (Å²) >= 11 is 0. The van der Waals surface area contributed by atoms with Crippen LogP contribution in [0.3, 0.4) is 0 Å². The molecule has 0 bridgehead atoms. The number of ketones is 1. The summed E-state index contributed by atoms with van der Waals surface area (Å²) < 4.78 is 1.71. The number of nitriles is 1. The van der Waals surface area contributed by atoms with E-state index in [0.717, 1.165) is 30.6 Å². The Bertz CT molecular complexity index is 1020. The summed E-state index contributed by atoms with van der Waals surface area (Å²) in [5.41, 5.74) is 0.934. The molecule has 0 saturated heterocycles. The molecule has 5 saturated carbocycles. The lowest BCUT2D eigenvalue weighted by Gasteiger charge is -2.58. The molecule has 178 valence electrons. The third-order valence-electron chi connectivity index (χ3n) is 11.3. The van der Waals surface area contributed by atoms with Crippen LogP contribution >= 0.6 is 0 Å². The van der Waals surface area contributed by atoms with Gasteiger partial charge in [-0.05, 0) is 112 Å². The number of aryl methyl sites for hydroxylation is 1. The normalized spacial score (nSPS) is 49.9. The zero-order valence-electron chi connectivity index (χ0n) is 20.6. The molecule has 5 aliphatic rings. The molecular formula is C28H39N3O2. The molecule has 0 amide bonds. The van der Waals surface area contributed by atoms with Gasteiger partial charge in [0.25, 0.3) is 0 Å². The van der Waals surface area contributed by atoms with Gasteiger partial charge in [-0.15, -0.1) is 0 Å². The van der Waals surface area contributed by atoms with Crippen LogP contribution in [0.1, 0.15) is 77.0 Å². The largest absolute Gasteiger partial charge is 0.390 e. The van der Waals surface area contributed by atoms with Crippen LogP contribution in [0.4, 0.5) is 0 Å². The third-order valence-corrected chi connectivity index (χ3v) is 11.3. The number of Topliss-reactive ketones (excluding diaryl/α,β-unsaturated/α-hetero) is 1. The molecule has 11 atom stereocenters.